The van der Waals surface area contributed by atoms with Crippen molar-refractivity contribution in [1.82, 2.24) is 9.78 Å². The molecule has 0 amide bonds. The summed E-state index contributed by atoms with van der Waals surface area (Å²) in [7, 11) is -1.61. The van der Waals surface area contributed by atoms with Crippen LogP contribution in [-0.2, 0) is 16.9 Å². The summed E-state index contributed by atoms with van der Waals surface area (Å²) in [5.41, 5.74) is 1.11. The van der Waals surface area contributed by atoms with Crippen molar-refractivity contribution in [1.29, 1.82) is 5.26 Å². The molecule has 20 heavy (non-hydrogen) atoms. The van der Waals surface area contributed by atoms with E-state index in [4.69, 9.17) is 5.26 Å². The fourth-order valence-electron chi connectivity index (χ4n) is 1.72. The number of benzene rings is 1. The number of rotatable bonds is 5. The average molecular weight is 290 g/mol. The Kier molecular flexibility index (Phi) is 4.05. The van der Waals surface area contributed by atoms with Gasteiger partial charge in [0.05, 0.1) is 34.2 Å². The Balaban J connectivity index is 2.02. The lowest BCUT2D eigenvalue weighted by atomic mass is 10.2. The van der Waals surface area contributed by atoms with E-state index in [0.717, 1.165) is 5.69 Å². The molecule has 0 unspecified atom stereocenters. The SMILES string of the molecule is Cn1cc(NCCS(=O)(=O)c2cccc(C#N)c2)cn1. The third kappa shape index (κ3) is 3.36. The fraction of sp³-hybridized carbons (Fsp3) is 0.231. The predicted molar refractivity (Wildman–Crippen MR) is 74.9 cm³/mol. The van der Waals surface area contributed by atoms with Gasteiger partial charge in [-0.25, -0.2) is 8.42 Å². The van der Waals surface area contributed by atoms with Crippen LogP contribution >= 0.6 is 0 Å². The van der Waals surface area contributed by atoms with Gasteiger partial charge >= 0.3 is 0 Å². The van der Waals surface area contributed by atoms with Gasteiger partial charge in [-0.2, -0.15) is 10.4 Å². The minimum atomic E-state index is -3.40. The number of anilines is 1. The van der Waals surface area contributed by atoms with Gasteiger partial charge in [-0.05, 0) is 18.2 Å². The van der Waals surface area contributed by atoms with Crippen LogP contribution in [0.3, 0.4) is 0 Å². The smallest absolute Gasteiger partial charge is 0.180 e. The molecule has 0 aliphatic heterocycles. The second kappa shape index (κ2) is 5.75. The molecule has 0 radical (unpaired) electrons. The van der Waals surface area contributed by atoms with Gasteiger partial charge in [-0.15, -0.1) is 0 Å². The molecule has 1 N–H and O–H groups in total. The molecule has 0 atom stereocenters. The fourth-order valence-corrected chi connectivity index (χ4v) is 2.92. The minimum absolute atomic E-state index is 0.0449. The lowest BCUT2D eigenvalue weighted by Gasteiger charge is -2.06. The van der Waals surface area contributed by atoms with E-state index in [9.17, 15) is 8.42 Å². The van der Waals surface area contributed by atoms with E-state index in [1.54, 1.807) is 36.3 Å². The highest BCUT2D eigenvalue weighted by Crippen LogP contribution is 2.13. The second-order valence-corrected chi connectivity index (χ2v) is 6.40. The first-order valence-electron chi connectivity index (χ1n) is 5.97. The molecular weight excluding hydrogens is 276 g/mol. The van der Waals surface area contributed by atoms with Gasteiger partial charge in [0.15, 0.2) is 9.84 Å². The Morgan fingerprint density at radius 1 is 1.45 bits per heavy atom. The van der Waals surface area contributed by atoms with Crippen molar-refractivity contribution in [2.24, 2.45) is 7.05 Å². The molecule has 2 rings (SSSR count). The average Bonchev–Trinajstić information content (AvgIpc) is 2.84. The van der Waals surface area contributed by atoms with Crippen LogP contribution in [0.5, 0.6) is 0 Å². The van der Waals surface area contributed by atoms with Crippen LogP contribution in [0.2, 0.25) is 0 Å². The van der Waals surface area contributed by atoms with E-state index >= 15 is 0 Å². The maximum atomic E-state index is 12.1. The Labute approximate surface area is 117 Å². The summed E-state index contributed by atoms with van der Waals surface area (Å²) in [6, 6.07) is 7.97. The molecule has 0 saturated carbocycles. The van der Waals surface area contributed by atoms with Gasteiger partial charge in [0.25, 0.3) is 0 Å². The van der Waals surface area contributed by atoms with Crippen LogP contribution in [0, 0.1) is 11.3 Å². The van der Waals surface area contributed by atoms with E-state index in [-0.39, 0.29) is 17.2 Å². The lowest BCUT2D eigenvalue weighted by Crippen LogP contribution is -2.15. The number of hydrogen-bond acceptors (Lipinski definition) is 5. The number of nitriles is 1. The zero-order chi connectivity index (χ0) is 14.6. The van der Waals surface area contributed by atoms with Crippen LogP contribution in [0.15, 0.2) is 41.6 Å². The highest BCUT2D eigenvalue weighted by molar-refractivity contribution is 7.91. The monoisotopic (exact) mass is 290 g/mol. The summed E-state index contributed by atoms with van der Waals surface area (Å²) in [6.07, 6.45) is 3.39. The van der Waals surface area contributed by atoms with Crippen molar-refractivity contribution < 1.29 is 8.42 Å². The molecule has 1 aromatic carbocycles. The topological polar surface area (TPSA) is 87.8 Å². The molecule has 1 aromatic heterocycles. The number of nitrogens with zero attached hydrogens (tertiary/aromatic N) is 3. The van der Waals surface area contributed by atoms with Crippen molar-refractivity contribution >= 4 is 15.5 Å². The number of nitrogens with one attached hydrogen (secondary N) is 1. The summed E-state index contributed by atoms with van der Waals surface area (Å²) in [5.74, 6) is -0.0449. The predicted octanol–water partition coefficient (Wildman–Crippen LogP) is 1.18. The molecule has 0 bridgehead atoms. The van der Waals surface area contributed by atoms with Crippen LogP contribution in [0.1, 0.15) is 5.56 Å². The first-order chi connectivity index (χ1) is 9.51. The van der Waals surface area contributed by atoms with E-state index in [2.05, 4.69) is 10.4 Å². The van der Waals surface area contributed by atoms with Crippen molar-refractivity contribution in [3.05, 3.63) is 42.2 Å². The van der Waals surface area contributed by atoms with Gasteiger partial charge in [-0.3, -0.25) is 4.68 Å². The number of hydrogen-bond donors (Lipinski definition) is 1. The normalized spacial score (nSPS) is 11.0. The summed E-state index contributed by atoms with van der Waals surface area (Å²) in [6.45, 7) is 0.283. The minimum Gasteiger partial charge on any atom is -0.381 e. The molecule has 7 heteroatoms. The summed E-state index contributed by atoms with van der Waals surface area (Å²) < 4.78 is 25.9. The molecule has 6 nitrogen and oxygen atoms in total. The first kappa shape index (κ1) is 14.1. The van der Waals surface area contributed by atoms with Gasteiger partial charge in [-0.1, -0.05) is 6.07 Å². The van der Waals surface area contributed by atoms with Gasteiger partial charge in [0.2, 0.25) is 0 Å². The molecule has 0 aliphatic rings. The third-order valence-corrected chi connectivity index (χ3v) is 4.44. The third-order valence-electron chi connectivity index (χ3n) is 2.73. The highest BCUT2D eigenvalue weighted by atomic mass is 32.2. The van der Waals surface area contributed by atoms with Crippen LogP contribution in [0.4, 0.5) is 5.69 Å². The molecule has 2 aromatic rings. The van der Waals surface area contributed by atoms with Crippen molar-refractivity contribution in [3.8, 4) is 6.07 Å². The zero-order valence-corrected chi connectivity index (χ0v) is 11.8. The quantitative estimate of drug-likeness (QED) is 0.893. The Morgan fingerprint density at radius 2 is 2.25 bits per heavy atom. The molecule has 0 spiro atoms. The molecule has 104 valence electrons. The maximum absolute atomic E-state index is 12.1. The number of aryl methyl sites for hydroxylation is 1. The van der Waals surface area contributed by atoms with E-state index in [0.29, 0.717) is 5.56 Å². The van der Waals surface area contributed by atoms with E-state index in [1.807, 2.05) is 6.07 Å². The summed E-state index contributed by atoms with van der Waals surface area (Å²) in [5, 5.41) is 15.8. The van der Waals surface area contributed by atoms with E-state index < -0.39 is 9.84 Å². The molecule has 1 heterocycles. The first-order valence-corrected chi connectivity index (χ1v) is 7.62. The number of sulfone groups is 1. The lowest BCUT2D eigenvalue weighted by molar-refractivity contribution is 0.596. The molecule has 0 fully saturated rings. The van der Waals surface area contributed by atoms with Crippen molar-refractivity contribution in [2.75, 3.05) is 17.6 Å². The molecule has 0 saturated heterocycles. The second-order valence-electron chi connectivity index (χ2n) is 4.29. The molecular formula is C13H14N4O2S. The maximum Gasteiger partial charge on any atom is 0.180 e. The van der Waals surface area contributed by atoms with E-state index in [1.165, 1.54) is 12.1 Å². The van der Waals surface area contributed by atoms with Gasteiger partial charge < -0.3 is 5.32 Å². The van der Waals surface area contributed by atoms with Crippen molar-refractivity contribution in [3.63, 3.8) is 0 Å². The van der Waals surface area contributed by atoms with Crippen LogP contribution in [-0.4, -0.2) is 30.5 Å². The van der Waals surface area contributed by atoms with Crippen molar-refractivity contribution in [2.45, 2.75) is 4.90 Å². The largest absolute Gasteiger partial charge is 0.381 e. The highest BCUT2D eigenvalue weighted by Gasteiger charge is 2.14. The van der Waals surface area contributed by atoms with Crippen LogP contribution in [0.25, 0.3) is 0 Å². The number of aromatic nitrogens is 2. The Hall–Kier alpha value is -2.33. The molecule has 0 aliphatic carbocycles. The van der Waals surface area contributed by atoms with Gasteiger partial charge in [0, 0.05) is 19.8 Å². The summed E-state index contributed by atoms with van der Waals surface area (Å²) >= 11 is 0. The Bertz CT molecular complexity index is 744. The Morgan fingerprint density at radius 3 is 2.90 bits per heavy atom. The summed E-state index contributed by atoms with van der Waals surface area (Å²) in [4.78, 5) is 0.171. The van der Waals surface area contributed by atoms with Gasteiger partial charge in [0.1, 0.15) is 0 Å². The van der Waals surface area contributed by atoms with Crippen LogP contribution < -0.4 is 5.32 Å². The zero-order valence-electron chi connectivity index (χ0n) is 10.9. The standard InChI is InChI=1S/C13H14N4O2S/c1-17-10-12(9-16-17)15-5-6-20(18,19)13-4-2-3-11(7-13)8-14/h2-4,7,9-10,15H,5-6H2,1H3.